The Kier molecular flexibility index (Phi) is 8.93. The van der Waals surface area contributed by atoms with Gasteiger partial charge in [0.2, 0.25) is 0 Å². The molecule has 1 fully saturated rings. The van der Waals surface area contributed by atoms with Gasteiger partial charge in [0.25, 0.3) is 0 Å². The third-order valence-corrected chi connectivity index (χ3v) is 4.67. The van der Waals surface area contributed by atoms with Gasteiger partial charge in [-0.15, -0.1) is 0 Å². The van der Waals surface area contributed by atoms with E-state index in [0.29, 0.717) is 0 Å². The van der Waals surface area contributed by atoms with Crippen molar-refractivity contribution in [3.8, 4) is 0 Å². The average molecular weight is 298 g/mol. The summed E-state index contributed by atoms with van der Waals surface area (Å²) in [6.45, 7) is 11.0. The van der Waals surface area contributed by atoms with E-state index in [4.69, 9.17) is 4.74 Å². The van der Waals surface area contributed by atoms with E-state index in [1.807, 2.05) is 0 Å². The first-order valence-corrected chi connectivity index (χ1v) is 8.62. The SMILES string of the molecule is CCCNC(CCN1CCCC(C(C)C)CC1)C(=O)OC. The molecule has 1 heterocycles. The van der Waals surface area contributed by atoms with Crippen LogP contribution in [0, 0.1) is 11.8 Å². The van der Waals surface area contributed by atoms with E-state index < -0.39 is 0 Å². The van der Waals surface area contributed by atoms with Crippen LogP contribution in [0.2, 0.25) is 0 Å². The topological polar surface area (TPSA) is 41.6 Å². The molecule has 1 N–H and O–H groups in total. The van der Waals surface area contributed by atoms with Crippen LogP contribution < -0.4 is 5.32 Å². The summed E-state index contributed by atoms with van der Waals surface area (Å²) in [5.74, 6) is 1.53. The molecule has 2 atom stereocenters. The minimum atomic E-state index is -0.154. The zero-order valence-corrected chi connectivity index (χ0v) is 14.4. The van der Waals surface area contributed by atoms with E-state index in [1.54, 1.807) is 0 Å². The standard InChI is InChI=1S/C17H34N2O2/c1-5-10-18-16(17(20)21-4)9-13-19-11-6-7-15(8-12-19)14(2)3/h14-16,18H,5-13H2,1-4H3. The van der Waals surface area contributed by atoms with Gasteiger partial charge in [0.15, 0.2) is 0 Å². The largest absolute Gasteiger partial charge is 0.468 e. The van der Waals surface area contributed by atoms with Crippen LogP contribution in [0.3, 0.4) is 0 Å². The summed E-state index contributed by atoms with van der Waals surface area (Å²) in [7, 11) is 1.47. The summed E-state index contributed by atoms with van der Waals surface area (Å²) >= 11 is 0. The van der Waals surface area contributed by atoms with Crippen molar-refractivity contribution < 1.29 is 9.53 Å². The first-order valence-electron chi connectivity index (χ1n) is 8.62. The first-order chi connectivity index (χ1) is 10.1. The number of rotatable bonds is 8. The maximum Gasteiger partial charge on any atom is 0.322 e. The van der Waals surface area contributed by atoms with Gasteiger partial charge in [-0.25, -0.2) is 0 Å². The van der Waals surface area contributed by atoms with Gasteiger partial charge in [0.1, 0.15) is 6.04 Å². The molecule has 4 nitrogen and oxygen atoms in total. The van der Waals surface area contributed by atoms with Crippen molar-refractivity contribution in [2.24, 2.45) is 11.8 Å². The molecule has 1 rings (SSSR count). The Bertz CT molecular complexity index is 295. The summed E-state index contributed by atoms with van der Waals surface area (Å²) < 4.78 is 4.90. The van der Waals surface area contributed by atoms with Gasteiger partial charge in [-0.3, -0.25) is 4.79 Å². The number of ether oxygens (including phenoxy) is 1. The number of hydrogen-bond donors (Lipinski definition) is 1. The predicted octanol–water partition coefficient (Wildman–Crippen LogP) is 2.68. The predicted molar refractivity (Wildman–Crippen MR) is 87.3 cm³/mol. The second-order valence-corrected chi connectivity index (χ2v) is 6.60. The van der Waals surface area contributed by atoms with Crippen LogP contribution in [0.15, 0.2) is 0 Å². The Morgan fingerprint density at radius 1 is 1.33 bits per heavy atom. The fourth-order valence-electron chi connectivity index (χ4n) is 3.15. The number of carbonyl (C=O) groups excluding carboxylic acids is 1. The molecule has 1 aliphatic rings. The molecular weight excluding hydrogens is 264 g/mol. The molecule has 0 aliphatic carbocycles. The lowest BCUT2D eigenvalue weighted by Crippen LogP contribution is -2.41. The number of carbonyl (C=O) groups is 1. The van der Waals surface area contributed by atoms with Crippen molar-refractivity contribution in [3.05, 3.63) is 0 Å². The molecule has 0 amide bonds. The number of nitrogens with zero attached hydrogens (tertiary/aromatic N) is 1. The highest BCUT2D eigenvalue weighted by atomic mass is 16.5. The maximum absolute atomic E-state index is 11.8. The molecule has 0 bridgehead atoms. The monoisotopic (exact) mass is 298 g/mol. The molecule has 0 radical (unpaired) electrons. The van der Waals surface area contributed by atoms with Gasteiger partial charge in [0, 0.05) is 6.54 Å². The van der Waals surface area contributed by atoms with Gasteiger partial charge < -0.3 is 15.0 Å². The third-order valence-electron chi connectivity index (χ3n) is 4.67. The molecule has 21 heavy (non-hydrogen) atoms. The number of likely N-dealkylation sites (tertiary alicyclic amines) is 1. The van der Waals surface area contributed by atoms with Crippen molar-refractivity contribution >= 4 is 5.97 Å². The Morgan fingerprint density at radius 3 is 2.71 bits per heavy atom. The molecule has 1 saturated heterocycles. The van der Waals surface area contributed by atoms with Gasteiger partial charge in [-0.1, -0.05) is 20.8 Å². The van der Waals surface area contributed by atoms with Gasteiger partial charge >= 0.3 is 5.97 Å². The molecule has 2 unspecified atom stereocenters. The Balaban J connectivity index is 2.38. The van der Waals surface area contributed by atoms with E-state index in [-0.39, 0.29) is 12.0 Å². The van der Waals surface area contributed by atoms with Crippen molar-refractivity contribution in [2.45, 2.75) is 58.9 Å². The number of esters is 1. The minimum absolute atomic E-state index is 0.127. The average Bonchev–Trinajstić information content (AvgIpc) is 2.72. The lowest BCUT2D eigenvalue weighted by atomic mass is 9.89. The second kappa shape index (κ2) is 10.2. The summed E-state index contributed by atoms with van der Waals surface area (Å²) in [5.41, 5.74) is 0. The fourth-order valence-corrected chi connectivity index (χ4v) is 3.15. The van der Waals surface area contributed by atoms with Crippen LogP contribution in [-0.2, 0) is 9.53 Å². The van der Waals surface area contributed by atoms with Crippen molar-refractivity contribution in [3.63, 3.8) is 0 Å². The van der Waals surface area contributed by atoms with E-state index in [2.05, 4.69) is 31.0 Å². The summed E-state index contributed by atoms with van der Waals surface area (Å²) in [6, 6.07) is -0.154. The second-order valence-electron chi connectivity index (χ2n) is 6.60. The Hall–Kier alpha value is -0.610. The zero-order valence-electron chi connectivity index (χ0n) is 14.4. The van der Waals surface area contributed by atoms with E-state index in [1.165, 1.54) is 39.5 Å². The Labute approximate surface area is 130 Å². The van der Waals surface area contributed by atoms with E-state index >= 15 is 0 Å². The minimum Gasteiger partial charge on any atom is -0.468 e. The zero-order chi connectivity index (χ0) is 15.7. The normalized spacial score (nSPS) is 22.0. The van der Waals surface area contributed by atoms with Gasteiger partial charge in [0.05, 0.1) is 7.11 Å². The molecule has 0 aromatic heterocycles. The third kappa shape index (κ3) is 6.79. The summed E-state index contributed by atoms with van der Waals surface area (Å²) in [4.78, 5) is 14.3. The van der Waals surface area contributed by atoms with Crippen molar-refractivity contribution in [1.82, 2.24) is 10.2 Å². The van der Waals surface area contributed by atoms with Crippen molar-refractivity contribution in [2.75, 3.05) is 33.3 Å². The fraction of sp³-hybridized carbons (Fsp3) is 0.941. The van der Waals surface area contributed by atoms with Gasteiger partial charge in [-0.2, -0.15) is 0 Å². The first kappa shape index (κ1) is 18.4. The molecular formula is C17H34N2O2. The van der Waals surface area contributed by atoms with E-state index in [0.717, 1.165) is 37.8 Å². The smallest absolute Gasteiger partial charge is 0.322 e. The van der Waals surface area contributed by atoms with Gasteiger partial charge in [-0.05, 0) is 63.6 Å². The van der Waals surface area contributed by atoms with Crippen LogP contribution >= 0.6 is 0 Å². The molecule has 0 aromatic carbocycles. The highest BCUT2D eigenvalue weighted by molar-refractivity contribution is 5.75. The molecule has 4 heteroatoms. The van der Waals surface area contributed by atoms with Crippen molar-refractivity contribution in [1.29, 1.82) is 0 Å². The Morgan fingerprint density at radius 2 is 2.10 bits per heavy atom. The molecule has 0 spiro atoms. The summed E-state index contributed by atoms with van der Waals surface area (Å²) in [6.07, 6.45) is 5.81. The van der Waals surface area contributed by atoms with Crippen LogP contribution in [0.4, 0.5) is 0 Å². The van der Waals surface area contributed by atoms with Crippen LogP contribution in [0.5, 0.6) is 0 Å². The molecule has 0 aromatic rings. The van der Waals surface area contributed by atoms with E-state index in [9.17, 15) is 4.79 Å². The molecule has 1 aliphatic heterocycles. The quantitative estimate of drug-likeness (QED) is 0.700. The lowest BCUT2D eigenvalue weighted by Gasteiger charge is -2.23. The van der Waals surface area contributed by atoms with Crippen LogP contribution in [-0.4, -0.2) is 50.2 Å². The highest BCUT2D eigenvalue weighted by Crippen LogP contribution is 2.24. The van der Waals surface area contributed by atoms with Crippen LogP contribution in [0.1, 0.15) is 52.9 Å². The summed E-state index contributed by atoms with van der Waals surface area (Å²) in [5, 5.41) is 3.30. The maximum atomic E-state index is 11.8. The number of methoxy groups -OCH3 is 1. The molecule has 0 saturated carbocycles. The number of nitrogens with one attached hydrogen (secondary N) is 1. The van der Waals surface area contributed by atoms with Crippen LogP contribution in [0.25, 0.3) is 0 Å². The molecule has 124 valence electrons. The highest BCUT2D eigenvalue weighted by Gasteiger charge is 2.22. The lowest BCUT2D eigenvalue weighted by molar-refractivity contribution is -0.143. The number of hydrogen-bond acceptors (Lipinski definition) is 4.